The van der Waals surface area contributed by atoms with Gasteiger partial charge in [0.2, 0.25) is 0 Å². The van der Waals surface area contributed by atoms with E-state index in [-0.39, 0.29) is 12.6 Å². The Kier molecular flexibility index (Phi) is 4.63. The van der Waals surface area contributed by atoms with Crippen LogP contribution in [0.2, 0.25) is 0 Å². The minimum atomic E-state index is -0.419. The number of ether oxygens (including phenoxy) is 2. The summed E-state index contributed by atoms with van der Waals surface area (Å²) in [5.41, 5.74) is 2.05. The maximum Gasteiger partial charge on any atom is 0.407 e. The van der Waals surface area contributed by atoms with E-state index in [0.29, 0.717) is 6.61 Å². The number of rotatable bonds is 3. The highest BCUT2D eigenvalue weighted by Gasteiger charge is 2.22. The predicted molar refractivity (Wildman–Crippen MR) is 86.9 cm³/mol. The van der Waals surface area contributed by atoms with E-state index in [1.54, 1.807) is 0 Å². The van der Waals surface area contributed by atoms with Crippen molar-refractivity contribution in [1.29, 1.82) is 0 Å². The predicted octanol–water partition coefficient (Wildman–Crippen LogP) is 3.68. The summed E-state index contributed by atoms with van der Waals surface area (Å²) in [5, 5.41) is 2.85. The van der Waals surface area contributed by atoms with Crippen LogP contribution in [0.3, 0.4) is 0 Å². The molecule has 0 bridgehead atoms. The smallest absolute Gasteiger partial charge is 0.407 e. The summed E-state index contributed by atoms with van der Waals surface area (Å²) in [6.45, 7) is 0.716. The van der Waals surface area contributed by atoms with Gasteiger partial charge in [0.05, 0.1) is 6.04 Å². The molecule has 4 nitrogen and oxygen atoms in total. The van der Waals surface area contributed by atoms with Crippen molar-refractivity contribution in [2.45, 2.75) is 19.1 Å². The van der Waals surface area contributed by atoms with E-state index in [9.17, 15) is 4.79 Å². The van der Waals surface area contributed by atoms with Crippen LogP contribution in [0, 0.1) is 0 Å². The fourth-order valence-corrected chi connectivity index (χ4v) is 2.71. The van der Waals surface area contributed by atoms with Crippen LogP contribution in [0.25, 0.3) is 0 Å². The normalized spacial score (nSPS) is 16.3. The van der Waals surface area contributed by atoms with Crippen molar-refractivity contribution >= 4 is 22.0 Å². The lowest BCUT2D eigenvalue weighted by Gasteiger charge is -2.26. The van der Waals surface area contributed by atoms with Gasteiger partial charge in [-0.1, -0.05) is 52.3 Å². The molecule has 1 heterocycles. The highest BCUT2D eigenvalue weighted by molar-refractivity contribution is 9.10. The third-order valence-electron chi connectivity index (χ3n) is 3.47. The Morgan fingerprint density at radius 3 is 2.91 bits per heavy atom. The molecule has 2 aromatic carbocycles. The number of nitrogens with one attached hydrogen (secondary N) is 1. The molecule has 1 atom stereocenters. The second-order valence-corrected chi connectivity index (χ2v) is 6.09. The van der Waals surface area contributed by atoms with Crippen molar-refractivity contribution in [3.05, 3.63) is 64.1 Å². The molecule has 3 rings (SSSR count). The second-order valence-electron chi connectivity index (χ2n) is 5.17. The highest BCUT2D eigenvalue weighted by Crippen LogP contribution is 2.28. The van der Waals surface area contributed by atoms with Gasteiger partial charge in [0.25, 0.3) is 0 Å². The molecule has 0 fully saturated rings. The zero-order valence-electron chi connectivity index (χ0n) is 11.9. The minimum Gasteiger partial charge on any atom is -0.491 e. The molecule has 0 radical (unpaired) electrons. The first-order valence-corrected chi connectivity index (χ1v) is 7.88. The monoisotopic (exact) mass is 361 g/mol. The topological polar surface area (TPSA) is 47.6 Å². The van der Waals surface area contributed by atoms with Gasteiger partial charge in [-0.3, -0.25) is 0 Å². The molecule has 0 spiro atoms. The lowest BCUT2D eigenvalue weighted by Crippen LogP contribution is -2.42. The number of hydrogen-bond donors (Lipinski definition) is 1. The molecule has 0 unspecified atom stereocenters. The molecule has 0 aromatic heterocycles. The maximum atomic E-state index is 11.9. The van der Waals surface area contributed by atoms with Crippen LogP contribution >= 0.6 is 15.9 Å². The quantitative estimate of drug-likeness (QED) is 0.906. The Labute approximate surface area is 137 Å². The number of alkyl carbamates (subject to hydrolysis) is 1. The van der Waals surface area contributed by atoms with Crippen LogP contribution in [0.1, 0.15) is 11.1 Å². The molecule has 2 aromatic rings. The second kappa shape index (κ2) is 6.83. The summed E-state index contributed by atoms with van der Waals surface area (Å²) in [5.74, 6) is 0.866. The van der Waals surface area contributed by atoms with Crippen LogP contribution in [-0.2, 0) is 17.8 Å². The summed E-state index contributed by atoms with van der Waals surface area (Å²) < 4.78 is 11.9. The van der Waals surface area contributed by atoms with Crippen LogP contribution in [0.15, 0.2) is 53.0 Å². The Balaban J connectivity index is 1.51. The molecule has 0 saturated heterocycles. The minimum absolute atomic E-state index is 0.0723. The first kappa shape index (κ1) is 14.9. The number of carbonyl (C=O) groups is 1. The van der Waals surface area contributed by atoms with Gasteiger partial charge in [0.1, 0.15) is 19.0 Å². The molecule has 114 valence electrons. The Morgan fingerprint density at radius 2 is 2.09 bits per heavy atom. The van der Waals surface area contributed by atoms with Crippen molar-refractivity contribution in [2.24, 2.45) is 0 Å². The van der Waals surface area contributed by atoms with E-state index in [4.69, 9.17) is 9.47 Å². The Hall–Kier alpha value is -2.01. The first-order chi connectivity index (χ1) is 10.7. The van der Waals surface area contributed by atoms with Crippen LogP contribution in [0.5, 0.6) is 5.75 Å². The number of benzene rings is 2. The van der Waals surface area contributed by atoms with Crippen molar-refractivity contribution in [3.8, 4) is 5.75 Å². The van der Waals surface area contributed by atoms with E-state index >= 15 is 0 Å². The third-order valence-corrected chi connectivity index (χ3v) is 3.96. The molecule has 1 amide bonds. The van der Waals surface area contributed by atoms with Gasteiger partial charge in [-0.2, -0.15) is 0 Å². The molecule has 0 saturated carbocycles. The van der Waals surface area contributed by atoms with Gasteiger partial charge in [-0.25, -0.2) is 4.79 Å². The molecular formula is C17H16BrNO3. The zero-order chi connectivity index (χ0) is 15.4. The highest BCUT2D eigenvalue weighted by atomic mass is 79.9. The number of fused-ring (bicyclic) bond motifs is 1. The van der Waals surface area contributed by atoms with Crippen molar-refractivity contribution in [3.63, 3.8) is 0 Å². The van der Waals surface area contributed by atoms with E-state index in [1.165, 1.54) is 0 Å². The summed E-state index contributed by atoms with van der Waals surface area (Å²) in [6, 6.07) is 15.5. The summed E-state index contributed by atoms with van der Waals surface area (Å²) in [6.07, 6.45) is 0.321. The SMILES string of the molecule is O=C(N[C@@H]1COc2cc(Br)ccc2C1)OCc1ccccc1. The molecular weight excluding hydrogens is 346 g/mol. The number of hydrogen-bond acceptors (Lipinski definition) is 3. The van der Waals surface area contributed by atoms with E-state index in [1.807, 2.05) is 48.5 Å². The molecule has 1 aliphatic heterocycles. The largest absolute Gasteiger partial charge is 0.491 e. The standard InChI is InChI=1S/C17H16BrNO3/c18-14-7-6-13-8-15(11-21-16(13)9-14)19-17(20)22-10-12-4-2-1-3-5-12/h1-7,9,15H,8,10-11H2,(H,19,20)/t15-/m0/s1. The summed E-state index contributed by atoms with van der Waals surface area (Å²) in [7, 11) is 0. The van der Waals surface area contributed by atoms with Crippen LogP contribution in [0.4, 0.5) is 4.79 Å². The fraction of sp³-hybridized carbons (Fsp3) is 0.235. The molecule has 1 aliphatic rings. The number of carbonyl (C=O) groups excluding carboxylic acids is 1. The lowest BCUT2D eigenvalue weighted by molar-refractivity contribution is 0.128. The number of halogens is 1. The van der Waals surface area contributed by atoms with Crippen LogP contribution < -0.4 is 10.1 Å². The van der Waals surface area contributed by atoms with E-state index in [0.717, 1.165) is 27.8 Å². The van der Waals surface area contributed by atoms with Gasteiger partial charge in [-0.05, 0) is 29.7 Å². The fourth-order valence-electron chi connectivity index (χ4n) is 2.37. The average molecular weight is 362 g/mol. The molecule has 5 heteroatoms. The maximum absolute atomic E-state index is 11.9. The molecule has 22 heavy (non-hydrogen) atoms. The average Bonchev–Trinajstić information content (AvgIpc) is 2.54. The first-order valence-electron chi connectivity index (χ1n) is 7.09. The van der Waals surface area contributed by atoms with Crippen molar-refractivity contribution in [2.75, 3.05) is 6.61 Å². The zero-order valence-corrected chi connectivity index (χ0v) is 13.5. The number of amides is 1. The molecule has 0 aliphatic carbocycles. The lowest BCUT2D eigenvalue weighted by atomic mass is 10.0. The van der Waals surface area contributed by atoms with E-state index in [2.05, 4.69) is 21.2 Å². The van der Waals surface area contributed by atoms with Gasteiger partial charge in [0.15, 0.2) is 0 Å². The molecule has 1 N–H and O–H groups in total. The van der Waals surface area contributed by atoms with Gasteiger partial charge >= 0.3 is 6.09 Å². The van der Waals surface area contributed by atoms with Gasteiger partial charge < -0.3 is 14.8 Å². The van der Waals surface area contributed by atoms with Gasteiger partial charge in [0, 0.05) is 4.47 Å². The van der Waals surface area contributed by atoms with Crippen molar-refractivity contribution < 1.29 is 14.3 Å². The van der Waals surface area contributed by atoms with E-state index < -0.39 is 6.09 Å². The summed E-state index contributed by atoms with van der Waals surface area (Å²) >= 11 is 3.42. The van der Waals surface area contributed by atoms with Crippen LogP contribution in [-0.4, -0.2) is 18.7 Å². The third kappa shape index (κ3) is 3.80. The van der Waals surface area contributed by atoms with Gasteiger partial charge in [-0.15, -0.1) is 0 Å². The van der Waals surface area contributed by atoms with Crippen molar-refractivity contribution in [1.82, 2.24) is 5.32 Å². The Bertz CT molecular complexity index is 660. The summed E-state index contributed by atoms with van der Waals surface area (Å²) in [4.78, 5) is 11.9. The Morgan fingerprint density at radius 1 is 1.27 bits per heavy atom.